The molecule has 0 amide bonds. The highest BCUT2D eigenvalue weighted by Gasteiger charge is 2.49. The van der Waals surface area contributed by atoms with Gasteiger partial charge in [0.2, 0.25) is 0 Å². The minimum absolute atomic E-state index is 0.114. The lowest BCUT2D eigenvalue weighted by Gasteiger charge is -2.16. The molecule has 21 heavy (non-hydrogen) atoms. The van der Waals surface area contributed by atoms with Gasteiger partial charge in [0.25, 0.3) is 0 Å². The lowest BCUT2D eigenvalue weighted by atomic mass is 9.99. The molecule has 0 saturated carbocycles. The van der Waals surface area contributed by atoms with Crippen molar-refractivity contribution in [2.24, 2.45) is 7.05 Å². The van der Waals surface area contributed by atoms with Crippen LogP contribution in [0.3, 0.4) is 0 Å². The molecule has 0 aliphatic carbocycles. The van der Waals surface area contributed by atoms with Crippen LogP contribution in [0.1, 0.15) is 17.0 Å². The van der Waals surface area contributed by atoms with Crippen molar-refractivity contribution < 1.29 is 8.42 Å². The Morgan fingerprint density at radius 3 is 2.86 bits per heavy atom. The summed E-state index contributed by atoms with van der Waals surface area (Å²) in [6.07, 6.45) is 3.83. The third-order valence-electron chi connectivity index (χ3n) is 4.53. The first-order valence-electron chi connectivity index (χ1n) is 7.08. The first-order valence-corrected chi connectivity index (χ1v) is 8.63. The fraction of sp³-hybridized carbons (Fsp3) is 0.400. The Kier molecular flexibility index (Phi) is 2.74. The van der Waals surface area contributed by atoms with Gasteiger partial charge in [0.15, 0.2) is 9.84 Å². The average Bonchev–Trinajstić information content (AvgIpc) is 3.10. The summed E-state index contributed by atoms with van der Waals surface area (Å²) < 4.78 is 27.0. The van der Waals surface area contributed by atoms with Gasteiger partial charge in [0.1, 0.15) is 0 Å². The van der Waals surface area contributed by atoms with Crippen molar-refractivity contribution in [2.75, 3.05) is 13.1 Å². The van der Waals surface area contributed by atoms with Gasteiger partial charge in [-0.15, -0.1) is 0 Å². The third kappa shape index (κ3) is 1.93. The molecule has 2 aliphatic heterocycles. The zero-order valence-electron chi connectivity index (χ0n) is 11.8. The number of nitrogens with zero attached hydrogens (tertiary/aromatic N) is 3. The molecule has 1 aromatic heterocycles. The van der Waals surface area contributed by atoms with E-state index in [1.807, 2.05) is 37.6 Å². The van der Waals surface area contributed by atoms with Crippen LogP contribution >= 0.6 is 0 Å². The summed E-state index contributed by atoms with van der Waals surface area (Å²) in [6, 6.07) is 7.45. The number of benzene rings is 1. The zero-order valence-corrected chi connectivity index (χ0v) is 12.6. The zero-order chi connectivity index (χ0) is 14.6. The molecule has 2 atom stereocenters. The number of rotatable bonds is 2. The summed E-state index contributed by atoms with van der Waals surface area (Å²) >= 11 is 0. The van der Waals surface area contributed by atoms with Crippen molar-refractivity contribution in [1.29, 1.82) is 0 Å². The summed E-state index contributed by atoms with van der Waals surface area (Å²) in [6.45, 7) is 2.17. The van der Waals surface area contributed by atoms with E-state index in [0.717, 1.165) is 24.2 Å². The summed E-state index contributed by atoms with van der Waals surface area (Å²) in [5.74, 6) is 0.114. The average molecular weight is 303 g/mol. The van der Waals surface area contributed by atoms with E-state index in [1.165, 1.54) is 0 Å². The summed E-state index contributed by atoms with van der Waals surface area (Å²) in [5.41, 5.74) is 2.12. The van der Waals surface area contributed by atoms with E-state index in [1.54, 1.807) is 10.7 Å². The smallest absolute Gasteiger partial charge is 0.183 e. The number of hydrogen-bond donors (Lipinski definition) is 0. The number of fused-ring (bicyclic) bond motifs is 3. The number of sulfone groups is 1. The Labute approximate surface area is 124 Å². The minimum Gasteiger partial charge on any atom is -0.297 e. The van der Waals surface area contributed by atoms with Crippen LogP contribution in [-0.4, -0.2) is 41.4 Å². The molecule has 1 fully saturated rings. The van der Waals surface area contributed by atoms with Crippen LogP contribution in [0.5, 0.6) is 0 Å². The first kappa shape index (κ1) is 13.0. The maximum Gasteiger partial charge on any atom is 0.183 e. The molecule has 110 valence electrons. The molecule has 0 N–H and O–H groups in total. The second kappa shape index (κ2) is 4.42. The van der Waals surface area contributed by atoms with Crippen molar-refractivity contribution >= 4 is 9.84 Å². The molecule has 2 aliphatic rings. The van der Waals surface area contributed by atoms with Crippen LogP contribution < -0.4 is 0 Å². The predicted octanol–water partition coefficient (Wildman–Crippen LogP) is 1.18. The first-order chi connectivity index (χ1) is 10.1. The van der Waals surface area contributed by atoms with Gasteiger partial charge in [0, 0.05) is 44.4 Å². The van der Waals surface area contributed by atoms with Crippen molar-refractivity contribution in [1.82, 2.24) is 14.7 Å². The van der Waals surface area contributed by atoms with Gasteiger partial charge in [0.05, 0.1) is 16.3 Å². The molecule has 0 bridgehead atoms. The van der Waals surface area contributed by atoms with E-state index in [9.17, 15) is 8.42 Å². The third-order valence-corrected chi connectivity index (χ3v) is 6.79. The molecule has 5 nitrogen and oxygen atoms in total. The van der Waals surface area contributed by atoms with Crippen molar-refractivity contribution in [3.8, 4) is 0 Å². The molecule has 6 heteroatoms. The van der Waals surface area contributed by atoms with E-state index in [2.05, 4.69) is 10.00 Å². The number of aryl methyl sites for hydroxylation is 1. The molecule has 1 saturated heterocycles. The van der Waals surface area contributed by atoms with Crippen LogP contribution in [-0.2, 0) is 23.4 Å². The van der Waals surface area contributed by atoms with E-state index in [0.29, 0.717) is 11.4 Å². The lowest BCUT2D eigenvalue weighted by Crippen LogP contribution is -2.25. The Morgan fingerprint density at radius 1 is 1.29 bits per heavy atom. The normalized spacial score (nSPS) is 26.7. The standard InChI is InChI=1S/C15H17N3O2S/c1-17-7-11(6-16-17)8-18-9-13-12-4-2-3-5-14(12)21(19,20)15(13)10-18/h2-7,13,15H,8-10H2,1H3/t13-,15+/m0/s1. The van der Waals surface area contributed by atoms with Gasteiger partial charge in [-0.3, -0.25) is 9.58 Å². The van der Waals surface area contributed by atoms with Crippen molar-refractivity contribution in [2.45, 2.75) is 22.6 Å². The minimum atomic E-state index is -3.17. The van der Waals surface area contributed by atoms with E-state index in [-0.39, 0.29) is 11.2 Å². The molecule has 0 spiro atoms. The maximum atomic E-state index is 12.6. The highest BCUT2D eigenvalue weighted by atomic mass is 32.2. The second-order valence-electron chi connectivity index (χ2n) is 5.94. The summed E-state index contributed by atoms with van der Waals surface area (Å²) in [5, 5.41) is 3.88. The Bertz CT molecular complexity index is 797. The summed E-state index contributed by atoms with van der Waals surface area (Å²) in [7, 11) is -1.27. The van der Waals surface area contributed by atoms with Gasteiger partial charge in [-0.1, -0.05) is 18.2 Å². The van der Waals surface area contributed by atoms with Crippen LogP contribution in [0.15, 0.2) is 41.6 Å². The molecule has 2 aromatic rings. The highest BCUT2D eigenvalue weighted by molar-refractivity contribution is 7.92. The van der Waals surface area contributed by atoms with E-state index < -0.39 is 9.84 Å². The number of likely N-dealkylation sites (tertiary alicyclic amines) is 1. The summed E-state index contributed by atoms with van der Waals surface area (Å²) in [4.78, 5) is 2.76. The van der Waals surface area contributed by atoms with Crippen molar-refractivity contribution in [3.05, 3.63) is 47.8 Å². The monoisotopic (exact) mass is 303 g/mol. The topological polar surface area (TPSA) is 55.2 Å². The Balaban J connectivity index is 1.62. The van der Waals surface area contributed by atoms with Crippen LogP contribution in [0.2, 0.25) is 0 Å². The molecule has 1 aromatic carbocycles. The van der Waals surface area contributed by atoms with Gasteiger partial charge in [-0.05, 0) is 11.6 Å². The van der Waals surface area contributed by atoms with Gasteiger partial charge >= 0.3 is 0 Å². The Morgan fingerprint density at radius 2 is 2.10 bits per heavy atom. The second-order valence-corrected chi connectivity index (χ2v) is 8.08. The molecule has 4 rings (SSSR count). The Hall–Kier alpha value is -1.66. The SMILES string of the molecule is Cn1cc(CN2C[C@@H]3[C@@H](C2)c2ccccc2S3(=O)=O)cn1. The van der Waals surface area contributed by atoms with E-state index in [4.69, 9.17) is 0 Å². The number of aromatic nitrogens is 2. The number of hydrogen-bond acceptors (Lipinski definition) is 4. The van der Waals surface area contributed by atoms with Crippen LogP contribution in [0, 0.1) is 0 Å². The van der Waals surface area contributed by atoms with Gasteiger partial charge < -0.3 is 0 Å². The van der Waals surface area contributed by atoms with Crippen LogP contribution in [0.4, 0.5) is 0 Å². The van der Waals surface area contributed by atoms with Gasteiger partial charge in [-0.2, -0.15) is 5.10 Å². The fourth-order valence-corrected chi connectivity index (χ4v) is 5.83. The molecule has 0 radical (unpaired) electrons. The largest absolute Gasteiger partial charge is 0.297 e. The van der Waals surface area contributed by atoms with Gasteiger partial charge in [-0.25, -0.2) is 8.42 Å². The predicted molar refractivity (Wildman–Crippen MR) is 78.6 cm³/mol. The quantitative estimate of drug-likeness (QED) is 0.836. The highest BCUT2D eigenvalue weighted by Crippen LogP contribution is 2.44. The molecule has 3 heterocycles. The molecule has 0 unspecified atom stereocenters. The van der Waals surface area contributed by atoms with Crippen molar-refractivity contribution in [3.63, 3.8) is 0 Å². The fourth-order valence-electron chi connectivity index (χ4n) is 3.61. The molecular weight excluding hydrogens is 286 g/mol. The maximum absolute atomic E-state index is 12.6. The lowest BCUT2D eigenvalue weighted by molar-refractivity contribution is 0.325. The van der Waals surface area contributed by atoms with Crippen LogP contribution in [0.25, 0.3) is 0 Å². The molecular formula is C15H17N3O2S. The van der Waals surface area contributed by atoms with E-state index >= 15 is 0 Å².